The van der Waals surface area contributed by atoms with Crippen LogP contribution in [0.25, 0.3) is 0 Å². The van der Waals surface area contributed by atoms with Crippen LogP contribution in [0.15, 0.2) is 0 Å². The molecule has 0 aliphatic carbocycles. The SMILES string of the molecule is CC(=O)CN1CN(CC(=O)O)CN(CC(=O)O)N1CC(=O)O. The van der Waals surface area contributed by atoms with Crippen molar-refractivity contribution in [3.63, 3.8) is 0 Å². The minimum Gasteiger partial charge on any atom is -0.480 e. The summed E-state index contributed by atoms with van der Waals surface area (Å²) >= 11 is 0. The van der Waals surface area contributed by atoms with Gasteiger partial charge in [0, 0.05) is 0 Å². The summed E-state index contributed by atoms with van der Waals surface area (Å²) in [6, 6.07) is 0. The molecule has 0 unspecified atom stereocenters. The monoisotopic (exact) mass is 318 g/mol. The van der Waals surface area contributed by atoms with Crippen LogP contribution in [0.4, 0.5) is 0 Å². The number of carboxylic acids is 3. The first kappa shape index (κ1) is 18.0. The number of carbonyl (C=O) groups is 4. The first-order valence-corrected chi connectivity index (χ1v) is 6.33. The summed E-state index contributed by atoms with van der Waals surface area (Å²) in [5.41, 5.74) is 0. The number of hydrogen-bond donors (Lipinski definition) is 3. The Hall–Kier alpha value is -2.08. The summed E-state index contributed by atoms with van der Waals surface area (Å²) in [6.45, 7) is -0.309. The summed E-state index contributed by atoms with van der Waals surface area (Å²) in [5, 5.41) is 30.3. The van der Waals surface area contributed by atoms with E-state index in [1.807, 2.05) is 0 Å². The molecule has 11 nitrogen and oxygen atoms in total. The topological polar surface area (TPSA) is 142 Å². The first-order valence-electron chi connectivity index (χ1n) is 6.33. The Balaban J connectivity index is 2.97. The molecule has 22 heavy (non-hydrogen) atoms. The largest absolute Gasteiger partial charge is 0.480 e. The van der Waals surface area contributed by atoms with Gasteiger partial charge < -0.3 is 15.3 Å². The lowest BCUT2D eigenvalue weighted by Gasteiger charge is -2.48. The Morgan fingerprint density at radius 2 is 1.23 bits per heavy atom. The second-order valence-corrected chi connectivity index (χ2v) is 4.85. The predicted octanol–water partition coefficient (Wildman–Crippen LogP) is -2.20. The molecule has 1 fully saturated rings. The van der Waals surface area contributed by atoms with Crippen molar-refractivity contribution in [1.29, 1.82) is 0 Å². The highest BCUT2D eigenvalue weighted by Crippen LogP contribution is 2.13. The summed E-state index contributed by atoms with van der Waals surface area (Å²) in [7, 11) is 0. The predicted molar refractivity (Wildman–Crippen MR) is 70.1 cm³/mol. The number of carboxylic acid groups (broad SMARTS) is 3. The van der Waals surface area contributed by atoms with E-state index >= 15 is 0 Å². The molecule has 1 rings (SSSR count). The Kier molecular flexibility index (Phi) is 6.37. The highest BCUT2D eigenvalue weighted by atomic mass is 16.4. The second kappa shape index (κ2) is 7.79. The molecule has 0 aromatic heterocycles. The number of hydrazine groups is 2. The maximum atomic E-state index is 11.3. The van der Waals surface area contributed by atoms with Crippen LogP contribution in [-0.2, 0) is 19.2 Å². The fraction of sp³-hybridized carbons (Fsp3) is 0.636. The zero-order chi connectivity index (χ0) is 16.9. The highest BCUT2D eigenvalue weighted by molar-refractivity contribution is 5.77. The van der Waals surface area contributed by atoms with Crippen LogP contribution in [0.5, 0.6) is 0 Å². The van der Waals surface area contributed by atoms with Crippen LogP contribution in [0.1, 0.15) is 6.92 Å². The molecule has 0 aromatic carbocycles. The van der Waals surface area contributed by atoms with Crippen molar-refractivity contribution in [3.8, 4) is 0 Å². The van der Waals surface area contributed by atoms with Gasteiger partial charge in [0.15, 0.2) is 0 Å². The van der Waals surface area contributed by atoms with E-state index in [2.05, 4.69) is 0 Å². The number of aliphatic carboxylic acids is 3. The van der Waals surface area contributed by atoms with Crippen molar-refractivity contribution in [3.05, 3.63) is 0 Å². The second-order valence-electron chi connectivity index (χ2n) is 4.85. The molecule has 1 aliphatic heterocycles. The van der Waals surface area contributed by atoms with E-state index in [-0.39, 0.29) is 32.2 Å². The lowest BCUT2D eigenvalue weighted by molar-refractivity contribution is -0.255. The fourth-order valence-electron chi connectivity index (χ4n) is 2.12. The van der Waals surface area contributed by atoms with Gasteiger partial charge in [-0.3, -0.25) is 24.1 Å². The lowest BCUT2D eigenvalue weighted by Crippen LogP contribution is -2.67. The Bertz CT molecular complexity index is 443. The van der Waals surface area contributed by atoms with Crippen LogP contribution in [0.3, 0.4) is 0 Å². The van der Waals surface area contributed by atoms with Crippen LogP contribution < -0.4 is 0 Å². The van der Waals surface area contributed by atoms with Crippen molar-refractivity contribution >= 4 is 23.7 Å². The van der Waals surface area contributed by atoms with Crippen LogP contribution in [-0.4, -0.2) is 98.6 Å². The zero-order valence-corrected chi connectivity index (χ0v) is 12.0. The van der Waals surface area contributed by atoms with Crippen molar-refractivity contribution < 1.29 is 34.5 Å². The van der Waals surface area contributed by atoms with Gasteiger partial charge in [0.05, 0.1) is 26.4 Å². The summed E-state index contributed by atoms with van der Waals surface area (Å²) in [4.78, 5) is 45.4. The number of ketones is 1. The van der Waals surface area contributed by atoms with E-state index in [9.17, 15) is 19.2 Å². The van der Waals surface area contributed by atoms with E-state index in [1.165, 1.54) is 21.8 Å². The average Bonchev–Trinajstić information content (AvgIpc) is 2.30. The summed E-state index contributed by atoms with van der Waals surface area (Å²) < 4.78 is 0. The molecule has 0 amide bonds. The minimum absolute atomic E-state index is 0.00921. The van der Waals surface area contributed by atoms with E-state index in [4.69, 9.17) is 15.3 Å². The number of carbonyl (C=O) groups excluding carboxylic acids is 1. The van der Waals surface area contributed by atoms with Crippen molar-refractivity contribution in [2.24, 2.45) is 0 Å². The van der Waals surface area contributed by atoms with Gasteiger partial charge in [-0.2, -0.15) is 5.12 Å². The molecule has 124 valence electrons. The molecule has 11 heteroatoms. The molecule has 0 aromatic rings. The van der Waals surface area contributed by atoms with E-state index in [0.29, 0.717) is 0 Å². The molecule has 0 bridgehead atoms. The van der Waals surface area contributed by atoms with Gasteiger partial charge in [-0.05, 0) is 6.92 Å². The van der Waals surface area contributed by atoms with Gasteiger partial charge in [0.2, 0.25) is 0 Å². The van der Waals surface area contributed by atoms with Gasteiger partial charge in [-0.1, -0.05) is 0 Å². The van der Waals surface area contributed by atoms with Gasteiger partial charge >= 0.3 is 17.9 Å². The van der Waals surface area contributed by atoms with Gasteiger partial charge in [0.25, 0.3) is 0 Å². The normalized spacial score (nSPS) is 18.2. The molecular weight excluding hydrogens is 300 g/mol. The first-order chi connectivity index (χ1) is 10.2. The molecule has 0 spiro atoms. The third kappa shape index (κ3) is 5.73. The smallest absolute Gasteiger partial charge is 0.320 e. The van der Waals surface area contributed by atoms with E-state index in [0.717, 1.165) is 5.12 Å². The average molecular weight is 318 g/mol. The quantitative estimate of drug-likeness (QED) is 0.448. The van der Waals surface area contributed by atoms with Crippen LogP contribution in [0.2, 0.25) is 0 Å². The third-order valence-corrected chi connectivity index (χ3v) is 2.74. The van der Waals surface area contributed by atoms with Crippen molar-refractivity contribution in [2.75, 3.05) is 39.5 Å². The zero-order valence-electron chi connectivity index (χ0n) is 12.0. The van der Waals surface area contributed by atoms with Crippen LogP contribution >= 0.6 is 0 Å². The van der Waals surface area contributed by atoms with Gasteiger partial charge in [-0.15, -0.1) is 0 Å². The molecular formula is C11H18N4O7. The molecule has 1 aliphatic rings. The number of nitrogens with zero attached hydrogens (tertiary/aromatic N) is 4. The number of rotatable bonds is 8. The Morgan fingerprint density at radius 3 is 1.64 bits per heavy atom. The highest BCUT2D eigenvalue weighted by Gasteiger charge is 2.34. The fourth-order valence-corrected chi connectivity index (χ4v) is 2.12. The maximum Gasteiger partial charge on any atom is 0.320 e. The molecule has 0 saturated carbocycles. The molecule has 0 atom stereocenters. The Labute approximate surface area is 125 Å². The number of hydrogen-bond acceptors (Lipinski definition) is 8. The minimum atomic E-state index is -1.20. The third-order valence-electron chi connectivity index (χ3n) is 2.74. The van der Waals surface area contributed by atoms with E-state index in [1.54, 1.807) is 0 Å². The standard InChI is InChI=1S/C11H18N4O7/c1-8(16)2-13-6-12(3-9(17)18)7-14(4-10(19)20)15(13)5-11(21)22/h2-7H2,1H3,(H,17,18)(H,19,20)(H,21,22). The van der Waals surface area contributed by atoms with Crippen molar-refractivity contribution in [2.45, 2.75) is 6.92 Å². The number of Topliss-reactive ketones (excluding diaryl/α,β-unsaturated/α-hetero) is 1. The summed E-state index contributed by atoms with van der Waals surface area (Å²) in [5.74, 6) is -3.77. The van der Waals surface area contributed by atoms with E-state index < -0.39 is 31.0 Å². The van der Waals surface area contributed by atoms with Crippen molar-refractivity contribution in [1.82, 2.24) is 20.0 Å². The molecule has 1 saturated heterocycles. The molecule has 3 N–H and O–H groups in total. The van der Waals surface area contributed by atoms with Gasteiger partial charge in [0.1, 0.15) is 18.9 Å². The summed E-state index contributed by atoms with van der Waals surface area (Å²) in [6.07, 6.45) is 0. The lowest BCUT2D eigenvalue weighted by atomic mass is 10.4. The van der Waals surface area contributed by atoms with Gasteiger partial charge in [-0.25, -0.2) is 10.0 Å². The molecule has 0 radical (unpaired) electrons. The Morgan fingerprint density at radius 1 is 0.773 bits per heavy atom. The molecule has 1 heterocycles. The van der Waals surface area contributed by atoms with Crippen LogP contribution in [0, 0.1) is 0 Å². The maximum absolute atomic E-state index is 11.3.